The van der Waals surface area contributed by atoms with Gasteiger partial charge in [-0.05, 0) is 48.7 Å². The molecule has 2 N–H and O–H groups in total. The van der Waals surface area contributed by atoms with Gasteiger partial charge in [-0.25, -0.2) is 4.79 Å². The van der Waals surface area contributed by atoms with Crippen LogP contribution < -0.4 is 10.6 Å². The summed E-state index contributed by atoms with van der Waals surface area (Å²) in [5, 5.41) is 5.73. The van der Waals surface area contributed by atoms with Crippen LogP contribution in [0.5, 0.6) is 0 Å². The van der Waals surface area contributed by atoms with Crippen molar-refractivity contribution in [1.82, 2.24) is 10.2 Å². The van der Waals surface area contributed by atoms with Gasteiger partial charge < -0.3 is 19.8 Å². The number of nitrogens with one attached hydrogen (secondary N) is 2. The van der Waals surface area contributed by atoms with Crippen LogP contribution in [0.2, 0.25) is 0 Å². The van der Waals surface area contributed by atoms with Gasteiger partial charge in [-0.2, -0.15) is 0 Å². The molecule has 0 radical (unpaired) electrons. The first-order chi connectivity index (χ1) is 16.5. The van der Waals surface area contributed by atoms with Crippen molar-refractivity contribution >= 4 is 23.6 Å². The zero-order valence-electron chi connectivity index (χ0n) is 19.1. The second kappa shape index (κ2) is 10.2. The molecule has 0 unspecified atom stereocenters. The highest BCUT2D eigenvalue weighted by Crippen LogP contribution is 2.34. The Labute approximate surface area is 197 Å². The molecule has 2 aromatic carbocycles. The molecule has 3 atom stereocenters. The van der Waals surface area contributed by atoms with E-state index in [9.17, 15) is 14.4 Å². The zero-order valence-corrected chi connectivity index (χ0v) is 19.1. The number of carbonyl (C=O) groups is 3. The molecule has 3 amide bonds. The van der Waals surface area contributed by atoms with Crippen molar-refractivity contribution in [3.05, 3.63) is 89.9 Å². The average molecular weight is 462 g/mol. The van der Waals surface area contributed by atoms with Crippen molar-refractivity contribution in [2.45, 2.75) is 45.0 Å². The Kier molecular flexibility index (Phi) is 6.96. The third kappa shape index (κ3) is 5.11. The van der Waals surface area contributed by atoms with Crippen LogP contribution >= 0.6 is 0 Å². The summed E-state index contributed by atoms with van der Waals surface area (Å²) >= 11 is 0. The predicted molar refractivity (Wildman–Crippen MR) is 126 cm³/mol. The lowest BCUT2D eigenvalue weighted by Gasteiger charge is -2.25. The summed E-state index contributed by atoms with van der Waals surface area (Å²) in [5.41, 5.74) is 2.11. The third-order valence-electron chi connectivity index (χ3n) is 5.79. The van der Waals surface area contributed by atoms with Crippen LogP contribution in [0.1, 0.15) is 48.1 Å². The molecule has 1 aliphatic heterocycles. The molecule has 0 spiro atoms. The number of anilines is 1. The van der Waals surface area contributed by atoms with Crippen LogP contribution in [-0.4, -0.2) is 34.9 Å². The van der Waals surface area contributed by atoms with E-state index in [0.29, 0.717) is 11.3 Å². The average Bonchev–Trinajstić information content (AvgIpc) is 3.49. The van der Waals surface area contributed by atoms with E-state index in [0.717, 1.165) is 12.0 Å². The molecule has 8 nitrogen and oxygen atoms in total. The number of amides is 3. The van der Waals surface area contributed by atoms with Crippen LogP contribution in [0.3, 0.4) is 0 Å². The SMILES string of the molecule is CC[C@H](C)NC(=O)[C@H]1[C@H](c2ccc(NC(=O)c3ccco3)cc2)OC(=O)N1Cc1ccccc1. The Morgan fingerprint density at radius 2 is 1.76 bits per heavy atom. The summed E-state index contributed by atoms with van der Waals surface area (Å²) in [6.45, 7) is 4.16. The highest BCUT2D eigenvalue weighted by molar-refractivity contribution is 6.02. The fourth-order valence-electron chi connectivity index (χ4n) is 3.78. The first kappa shape index (κ1) is 23.1. The zero-order chi connectivity index (χ0) is 24.1. The fraction of sp³-hybridized carbons (Fsp3) is 0.269. The summed E-state index contributed by atoms with van der Waals surface area (Å²) < 4.78 is 10.8. The molecular weight excluding hydrogens is 434 g/mol. The van der Waals surface area contributed by atoms with Gasteiger partial charge in [0.15, 0.2) is 17.9 Å². The second-order valence-electron chi connectivity index (χ2n) is 8.23. The van der Waals surface area contributed by atoms with Crippen molar-refractivity contribution in [3.8, 4) is 0 Å². The molecule has 3 aromatic rings. The second-order valence-corrected chi connectivity index (χ2v) is 8.23. The van der Waals surface area contributed by atoms with Gasteiger partial charge in [-0.3, -0.25) is 14.5 Å². The lowest BCUT2D eigenvalue weighted by molar-refractivity contribution is -0.127. The Bertz CT molecular complexity index is 1130. The van der Waals surface area contributed by atoms with Gasteiger partial charge in [0.05, 0.1) is 12.8 Å². The van der Waals surface area contributed by atoms with Crippen LogP contribution in [0.25, 0.3) is 0 Å². The molecule has 1 saturated heterocycles. The van der Waals surface area contributed by atoms with Gasteiger partial charge in [0.1, 0.15) is 0 Å². The molecule has 1 aliphatic rings. The maximum atomic E-state index is 13.2. The van der Waals surface area contributed by atoms with E-state index in [-0.39, 0.29) is 30.2 Å². The highest BCUT2D eigenvalue weighted by Gasteiger charge is 2.47. The molecular formula is C26H27N3O5. The molecule has 8 heteroatoms. The van der Waals surface area contributed by atoms with E-state index >= 15 is 0 Å². The molecule has 1 aromatic heterocycles. The number of ether oxygens (including phenoxy) is 1. The Morgan fingerprint density at radius 3 is 2.41 bits per heavy atom. The number of rotatable bonds is 8. The van der Waals surface area contributed by atoms with E-state index in [1.807, 2.05) is 44.2 Å². The van der Waals surface area contributed by atoms with E-state index in [2.05, 4.69) is 10.6 Å². The molecule has 4 rings (SSSR count). The van der Waals surface area contributed by atoms with Gasteiger partial charge >= 0.3 is 6.09 Å². The molecule has 2 heterocycles. The number of hydrogen-bond acceptors (Lipinski definition) is 5. The molecule has 0 aliphatic carbocycles. The summed E-state index contributed by atoms with van der Waals surface area (Å²) in [6, 6.07) is 18.7. The minimum Gasteiger partial charge on any atom is -0.459 e. The predicted octanol–water partition coefficient (Wildman–Crippen LogP) is 4.51. The number of nitrogens with zero attached hydrogens (tertiary/aromatic N) is 1. The minimum atomic E-state index is -0.828. The van der Waals surface area contributed by atoms with Crippen LogP contribution in [-0.2, 0) is 16.1 Å². The van der Waals surface area contributed by atoms with Gasteiger partial charge in [-0.15, -0.1) is 0 Å². The Balaban J connectivity index is 1.56. The van der Waals surface area contributed by atoms with Gasteiger partial charge in [0, 0.05) is 11.7 Å². The van der Waals surface area contributed by atoms with Crippen molar-refractivity contribution < 1.29 is 23.5 Å². The molecule has 0 saturated carbocycles. The summed E-state index contributed by atoms with van der Waals surface area (Å²) in [4.78, 5) is 39.7. The fourth-order valence-corrected chi connectivity index (χ4v) is 3.78. The number of cyclic esters (lactones) is 1. The molecule has 0 bridgehead atoms. The number of carbonyl (C=O) groups excluding carboxylic acids is 3. The number of hydrogen-bond donors (Lipinski definition) is 2. The minimum absolute atomic E-state index is 0.0402. The first-order valence-corrected chi connectivity index (χ1v) is 11.2. The van der Waals surface area contributed by atoms with Crippen molar-refractivity contribution in [2.75, 3.05) is 5.32 Å². The summed E-state index contributed by atoms with van der Waals surface area (Å²) in [5.74, 6) is -0.437. The number of benzene rings is 2. The maximum Gasteiger partial charge on any atom is 0.411 e. The van der Waals surface area contributed by atoms with E-state index in [4.69, 9.17) is 9.15 Å². The highest BCUT2D eigenvalue weighted by atomic mass is 16.6. The normalized spacial score (nSPS) is 18.3. The van der Waals surface area contributed by atoms with Gasteiger partial charge in [0.2, 0.25) is 5.91 Å². The molecule has 176 valence electrons. The monoisotopic (exact) mass is 461 g/mol. The van der Waals surface area contributed by atoms with E-state index in [1.54, 1.807) is 36.4 Å². The largest absolute Gasteiger partial charge is 0.459 e. The van der Waals surface area contributed by atoms with E-state index in [1.165, 1.54) is 11.2 Å². The van der Waals surface area contributed by atoms with Crippen LogP contribution in [0.15, 0.2) is 77.4 Å². The Hall–Kier alpha value is -4.07. The van der Waals surface area contributed by atoms with E-state index < -0.39 is 18.2 Å². The van der Waals surface area contributed by atoms with Crippen molar-refractivity contribution in [2.24, 2.45) is 0 Å². The van der Waals surface area contributed by atoms with Crippen LogP contribution in [0, 0.1) is 0 Å². The lowest BCUT2D eigenvalue weighted by atomic mass is 10.00. The lowest BCUT2D eigenvalue weighted by Crippen LogP contribution is -2.48. The van der Waals surface area contributed by atoms with Gasteiger partial charge in [0.25, 0.3) is 5.91 Å². The maximum absolute atomic E-state index is 13.2. The van der Waals surface area contributed by atoms with Crippen molar-refractivity contribution in [3.63, 3.8) is 0 Å². The quantitative estimate of drug-likeness (QED) is 0.514. The van der Waals surface area contributed by atoms with Gasteiger partial charge in [-0.1, -0.05) is 49.4 Å². The topological polar surface area (TPSA) is 101 Å². The summed E-state index contributed by atoms with van der Waals surface area (Å²) in [6.07, 6.45) is 0.863. The summed E-state index contributed by atoms with van der Waals surface area (Å²) in [7, 11) is 0. The number of furan rings is 1. The molecule has 1 fully saturated rings. The van der Waals surface area contributed by atoms with Crippen LogP contribution in [0.4, 0.5) is 10.5 Å². The standard InChI is InChI=1S/C26H27N3O5/c1-3-17(2)27-25(31)22-23(34-26(32)29(22)16-18-8-5-4-6-9-18)19-11-13-20(14-12-19)28-24(30)21-10-7-15-33-21/h4-15,17,22-23H,3,16H2,1-2H3,(H,27,31)(H,28,30)/t17-,22+,23-/m0/s1. The molecule has 34 heavy (non-hydrogen) atoms. The third-order valence-corrected chi connectivity index (χ3v) is 5.79. The first-order valence-electron chi connectivity index (χ1n) is 11.2. The smallest absolute Gasteiger partial charge is 0.411 e. The Morgan fingerprint density at radius 1 is 1.03 bits per heavy atom. The van der Waals surface area contributed by atoms with Crippen molar-refractivity contribution in [1.29, 1.82) is 0 Å².